The van der Waals surface area contributed by atoms with Crippen molar-refractivity contribution in [2.75, 3.05) is 0 Å². The lowest BCUT2D eigenvalue weighted by Crippen LogP contribution is -2.03. The molecule has 2 nitrogen and oxygen atoms in total. The van der Waals surface area contributed by atoms with Crippen molar-refractivity contribution in [1.82, 2.24) is 0 Å². The van der Waals surface area contributed by atoms with Crippen LogP contribution in [-0.4, -0.2) is 5.90 Å². The molecule has 0 spiro atoms. The molecule has 2 rings (SSSR count). The molecule has 0 heterocycles. The Hall–Kier alpha value is -2.35. The summed E-state index contributed by atoms with van der Waals surface area (Å²) >= 11 is 0. The fourth-order valence-corrected chi connectivity index (χ4v) is 2.03. The molecule has 2 aromatic rings. The van der Waals surface area contributed by atoms with Gasteiger partial charge in [-0.05, 0) is 56.0 Å². The predicted octanol–water partition coefficient (Wildman–Crippen LogP) is 4.74. The smallest absolute Gasteiger partial charge is 0.218 e. The van der Waals surface area contributed by atoms with Gasteiger partial charge in [-0.1, -0.05) is 42.5 Å². The molecule has 0 atom stereocenters. The minimum atomic E-state index is 0.195. The number of nitrogens with one attached hydrogen (secondary N) is 1. The van der Waals surface area contributed by atoms with Gasteiger partial charge in [0.2, 0.25) is 5.90 Å². The molecule has 0 amide bonds. The first-order valence-electron chi connectivity index (χ1n) is 7.21. The molecule has 108 valence electrons. The van der Waals surface area contributed by atoms with Gasteiger partial charge in [0.1, 0.15) is 0 Å². The van der Waals surface area contributed by atoms with Crippen molar-refractivity contribution in [2.45, 2.75) is 26.7 Å². The Labute approximate surface area is 126 Å². The maximum absolute atomic E-state index is 7.91. The van der Waals surface area contributed by atoms with Crippen molar-refractivity contribution in [3.8, 4) is 0 Å². The average Bonchev–Trinajstić information content (AvgIpc) is 2.54. The van der Waals surface area contributed by atoms with Crippen LogP contribution in [-0.2, 0) is 17.6 Å². The molecule has 0 aliphatic heterocycles. The molecule has 0 bridgehead atoms. The lowest BCUT2D eigenvalue weighted by molar-refractivity contribution is 0.414. The van der Waals surface area contributed by atoms with Crippen LogP contribution in [0.5, 0.6) is 0 Å². The Kier molecular flexibility index (Phi) is 5.33. The van der Waals surface area contributed by atoms with Crippen molar-refractivity contribution < 1.29 is 4.74 Å². The predicted molar refractivity (Wildman–Crippen MR) is 87.6 cm³/mol. The van der Waals surface area contributed by atoms with Crippen LogP contribution in [0.2, 0.25) is 0 Å². The van der Waals surface area contributed by atoms with Gasteiger partial charge in [0.05, 0.1) is 5.76 Å². The first-order chi connectivity index (χ1) is 10.2. The Balaban J connectivity index is 1.94. The van der Waals surface area contributed by atoms with Gasteiger partial charge in [0.15, 0.2) is 0 Å². The molecule has 0 aliphatic carbocycles. The second-order valence-corrected chi connectivity index (χ2v) is 5.01. The fraction of sp³-hybridized carbons (Fsp3) is 0.211. The lowest BCUT2D eigenvalue weighted by atomic mass is 10.0. The number of hydrogen-bond acceptors (Lipinski definition) is 2. The van der Waals surface area contributed by atoms with Crippen LogP contribution in [0, 0.1) is 5.41 Å². The van der Waals surface area contributed by atoms with Crippen LogP contribution in [0.3, 0.4) is 0 Å². The fourth-order valence-electron chi connectivity index (χ4n) is 2.03. The Morgan fingerprint density at radius 2 is 1.52 bits per heavy atom. The molecule has 0 unspecified atom stereocenters. The molecule has 0 aromatic heterocycles. The molecular formula is C19H21NO. The molecule has 21 heavy (non-hydrogen) atoms. The summed E-state index contributed by atoms with van der Waals surface area (Å²) in [5.41, 5.74) is 3.43. The van der Waals surface area contributed by atoms with E-state index in [0.29, 0.717) is 0 Å². The minimum absolute atomic E-state index is 0.195. The summed E-state index contributed by atoms with van der Waals surface area (Å²) in [5, 5.41) is 7.91. The third-order valence-corrected chi connectivity index (χ3v) is 3.43. The molecule has 0 radical (unpaired) electrons. The summed E-state index contributed by atoms with van der Waals surface area (Å²) in [6.07, 6.45) is 3.89. The van der Waals surface area contributed by atoms with Gasteiger partial charge in [-0.15, -0.1) is 0 Å². The van der Waals surface area contributed by atoms with Gasteiger partial charge in [-0.3, -0.25) is 5.41 Å². The summed E-state index contributed by atoms with van der Waals surface area (Å²) in [6.45, 7) is 3.75. The van der Waals surface area contributed by atoms with E-state index in [2.05, 4.69) is 36.4 Å². The van der Waals surface area contributed by atoms with E-state index < -0.39 is 0 Å². The van der Waals surface area contributed by atoms with Gasteiger partial charge in [0.25, 0.3) is 0 Å². The molecule has 0 aliphatic rings. The van der Waals surface area contributed by atoms with Crippen LogP contribution in [0.15, 0.2) is 66.4 Å². The molecule has 0 saturated carbocycles. The minimum Gasteiger partial charge on any atom is -0.444 e. The summed E-state index contributed by atoms with van der Waals surface area (Å²) in [4.78, 5) is 0. The summed E-state index contributed by atoms with van der Waals surface area (Å²) < 4.78 is 5.40. The monoisotopic (exact) mass is 279 g/mol. The lowest BCUT2D eigenvalue weighted by Gasteiger charge is -2.08. The van der Waals surface area contributed by atoms with E-state index >= 15 is 0 Å². The highest BCUT2D eigenvalue weighted by Gasteiger charge is 2.04. The first-order valence-corrected chi connectivity index (χ1v) is 7.21. The van der Waals surface area contributed by atoms with E-state index in [0.717, 1.165) is 24.2 Å². The van der Waals surface area contributed by atoms with E-state index in [4.69, 9.17) is 10.1 Å². The Morgan fingerprint density at radius 1 is 0.952 bits per heavy atom. The van der Waals surface area contributed by atoms with Crippen molar-refractivity contribution in [1.29, 1.82) is 5.41 Å². The number of aryl methyl sites for hydroxylation is 2. The summed E-state index contributed by atoms with van der Waals surface area (Å²) in [6, 6.07) is 18.5. The third kappa shape index (κ3) is 4.60. The van der Waals surface area contributed by atoms with Gasteiger partial charge in [-0.25, -0.2) is 0 Å². The van der Waals surface area contributed by atoms with Crippen molar-refractivity contribution in [2.24, 2.45) is 0 Å². The maximum atomic E-state index is 7.91. The van der Waals surface area contributed by atoms with Crippen LogP contribution in [0.1, 0.15) is 30.5 Å². The zero-order valence-corrected chi connectivity index (χ0v) is 12.6. The third-order valence-electron chi connectivity index (χ3n) is 3.43. The second kappa shape index (κ2) is 7.44. The number of ether oxygens (including phenoxy) is 1. The SMILES string of the molecule is C/C=C(\C)OC(=N)c1ccc(CCc2ccccc2)cc1. The number of hydrogen-bond donors (Lipinski definition) is 1. The van der Waals surface area contributed by atoms with Gasteiger partial charge >= 0.3 is 0 Å². The first kappa shape index (κ1) is 15.0. The average molecular weight is 279 g/mol. The normalized spacial score (nSPS) is 11.2. The van der Waals surface area contributed by atoms with Crippen molar-refractivity contribution in [3.63, 3.8) is 0 Å². The molecular weight excluding hydrogens is 258 g/mol. The molecule has 2 heteroatoms. The van der Waals surface area contributed by atoms with E-state index in [1.54, 1.807) is 0 Å². The highest BCUT2D eigenvalue weighted by Crippen LogP contribution is 2.11. The highest BCUT2D eigenvalue weighted by molar-refractivity contribution is 5.92. The zero-order valence-electron chi connectivity index (χ0n) is 12.6. The Morgan fingerprint density at radius 3 is 2.10 bits per heavy atom. The standard InChI is InChI=1S/C19H21NO/c1-3-15(2)21-19(20)18-13-11-17(12-14-18)10-9-16-7-5-4-6-8-16/h3-8,11-14,20H,9-10H2,1-2H3/b15-3+,20-19?. The van der Waals surface area contributed by atoms with E-state index in [-0.39, 0.29) is 5.90 Å². The van der Waals surface area contributed by atoms with Crippen LogP contribution in [0.25, 0.3) is 0 Å². The highest BCUT2D eigenvalue weighted by atomic mass is 16.5. The molecule has 2 aromatic carbocycles. The van der Waals surface area contributed by atoms with Gasteiger partial charge < -0.3 is 4.74 Å². The zero-order chi connectivity index (χ0) is 15.1. The molecule has 0 fully saturated rings. The van der Waals surface area contributed by atoms with Crippen LogP contribution < -0.4 is 0 Å². The van der Waals surface area contributed by atoms with Crippen LogP contribution in [0.4, 0.5) is 0 Å². The molecule has 0 saturated heterocycles. The second-order valence-electron chi connectivity index (χ2n) is 5.01. The number of benzene rings is 2. The van der Waals surface area contributed by atoms with Crippen LogP contribution >= 0.6 is 0 Å². The van der Waals surface area contributed by atoms with E-state index in [1.807, 2.05) is 38.1 Å². The largest absolute Gasteiger partial charge is 0.444 e. The van der Waals surface area contributed by atoms with Crippen molar-refractivity contribution in [3.05, 3.63) is 83.1 Å². The van der Waals surface area contributed by atoms with E-state index in [9.17, 15) is 0 Å². The summed E-state index contributed by atoms with van der Waals surface area (Å²) in [7, 11) is 0. The Bertz CT molecular complexity index is 612. The summed E-state index contributed by atoms with van der Waals surface area (Å²) in [5.74, 6) is 0.938. The number of allylic oxidation sites excluding steroid dienone is 2. The van der Waals surface area contributed by atoms with Gasteiger partial charge in [0, 0.05) is 5.56 Å². The molecule has 1 N–H and O–H groups in total. The quantitative estimate of drug-likeness (QED) is 0.479. The number of rotatable bonds is 5. The van der Waals surface area contributed by atoms with Gasteiger partial charge in [-0.2, -0.15) is 0 Å². The van der Waals surface area contributed by atoms with Crippen molar-refractivity contribution >= 4 is 5.90 Å². The maximum Gasteiger partial charge on any atom is 0.218 e. The van der Waals surface area contributed by atoms with E-state index in [1.165, 1.54) is 11.1 Å². The topological polar surface area (TPSA) is 33.1 Å².